The van der Waals surface area contributed by atoms with Crippen molar-refractivity contribution >= 4 is 33.1 Å². The van der Waals surface area contributed by atoms with Crippen LogP contribution in [-0.4, -0.2) is 22.6 Å². The van der Waals surface area contributed by atoms with E-state index in [0.717, 1.165) is 31.4 Å². The number of piperidine rings is 1. The molecular weight excluding hydrogens is 351 g/mol. The highest BCUT2D eigenvalue weighted by atomic mass is 32.1. The van der Waals surface area contributed by atoms with Crippen LogP contribution in [0.4, 0.5) is 15.2 Å². The number of pyridine rings is 1. The van der Waals surface area contributed by atoms with Gasteiger partial charge in [-0.15, -0.1) is 11.3 Å². The van der Waals surface area contributed by atoms with Crippen molar-refractivity contribution in [2.75, 3.05) is 23.7 Å². The second-order valence-electron chi connectivity index (χ2n) is 6.60. The van der Waals surface area contributed by atoms with Gasteiger partial charge in [0.25, 0.3) is 0 Å². The molecule has 0 unspecified atom stereocenters. The van der Waals surface area contributed by atoms with Crippen molar-refractivity contribution in [2.45, 2.75) is 32.7 Å². The van der Waals surface area contributed by atoms with Gasteiger partial charge in [0.2, 0.25) is 0 Å². The molecule has 0 aliphatic carbocycles. The highest BCUT2D eigenvalue weighted by Gasteiger charge is 2.19. The van der Waals surface area contributed by atoms with Crippen molar-refractivity contribution in [1.29, 1.82) is 0 Å². The monoisotopic (exact) mass is 372 g/mol. The third-order valence-electron chi connectivity index (χ3n) is 4.98. The number of benzene rings is 1. The standard InChI is InChI=1S/C19H21FN4OS/c1-2-23-10-13(15-11-26-19(21)22-15)18(25)12-8-14(20)17(9-16(12)23)24-6-4-3-5-7-24/h8-11H,2-7H2,1H3,(H2,21,22). The van der Waals surface area contributed by atoms with Crippen molar-refractivity contribution in [3.63, 3.8) is 0 Å². The van der Waals surface area contributed by atoms with Gasteiger partial charge >= 0.3 is 0 Å². The Morgan fingerprint density at radius 1 is 1.27 bits per heavy atom. The minimum atomic E-state index is -0.339. The minimum absolute atomic E-state index is 0.209. The molecule has 0 spiro atoms. The van der Waals surface area contributed by atoms with Crippen molar-refractivity contribution in [1.82, 2.24) is 9.55 Å². The van der Waals surface area contributed by atoms with Gasteiger partial charge in [-0.1, -0.05) is 0 Å². The van der Waals surface area contributed by atoms with Gasteiger partial charge in [-0.25, -0.2) is 9.37 Å². The van der Waals surface area contributed by atoms with Gasteiger partial charge in [-0.05, 0) is 38.3 Å². The first-order valence-corrected chi connectivity index (χ1v) is 9.79. The predicted molar refractivity (Wildman–Crippen MR) is 105 cm³/mol. The molecule has 0 bridgehead atoms. The van der Waals surface area contributed by atoms with E-state index in [1.165, 1.54) is 23.8 Å². The molecule has 0 atom stereocenters. The van der Waals surface area contributed by atoms with E-state index in [4.69, 9.17) is 5.73 Å². The summed E-state index contributed by atoms with van der Waals surface area (Å²) in [6.45, 7) is 4.39. The van der Waals surface area contributed by atoms with Crippen molar-refractivity contribution in [3.05, 3.63) is 39.8 Å². The van der Waals surface area contributed by atoms with Crippen LogP contribution in [0.1, 0.15) is 26.2 Å². The van der Waals surface area contributed by atoms with E-state index in [9.17, 15) is 9.18 Å². The highest BCUT2D eigenvalue weighted by Crippen LogP contribution is 2.29. The summed E-state index contributed by atoms with van der Waals surface area (Å²) >= 11 is 1.29. The number of halogens is 1. The van der Waals surface area contributed by atoms with E-state index < -0.39 is 0 Å². The zero-order chi connectivity index (χ0) is 18.3. The number of rotatable bonds is 3. The molecule has 26 heavy (non-hydrogen) atoms. The quantitative estimate of drug-likeness (QED) is 0.758. The van der Waals surface area contributed by atoms with E-state index >= 15 is 0 Å². The lowest BCUT2D eigenvalue weighted by atomic mass is 10.1. The van der Waals surface area contributed by atoms with E-state index in [0.29, 0.717) is 34.0 Å². The average Bonchev–Trinajstić information content (AvgIpc) is 3.09. The van der Waals surface area contributed by atoms with Gasteiger partial charge < -0.3 is 15.2 Å². The molecule has 2 aromatic heterocycles. The van der Waals surface area contributed by atoms with Crippen LogP contribution in [0.5, 0.6) is 0 Å². The summed E-state index contributed by atoms with van der Waals surface area (Å²) in [5.41, 5.74) is 7.84. The first kappa shape index (κ1) is 17.0. The summed E-state index contributed by atoms with van der Waals surface area (Å²) in [4.78, 5) is 19.3. The Kier molecular flexibility index (Phi) is 4.40. The van der Waals surface area contributed by atoms with Crippen LogP contribution < -0.4 is 16.1 Å². The summed E-state index contributed by atoms with van der Waals surface area (Å²) in [7, 11) is 0. The topological polar surface area (TPSA) is 64.2 Å². The lowest BCUT2D eigenvalue weighted by Crippen LogP contribution is -2.30. The van der Waals surface area contributed by atoms with Crippen molar-refractivity contribution < 1.29 is 4.39 Å². The minimum Gasteiger partial charge on any atom is -0.375 e. The van der Waals surface area contributed by atoms with Crippen molar-refractivity contribution in [3.8, 4) is 11.3 Å². The van der Waals surface area contributed by atoms with Crippen molar-refractivity contribution in [2.24, 2.45) is 0 Å². The second kappa shape index (κ2) is 6.72. The molecule has 1 aliphatic rings. The number of hydrogen-bond acceptors (Lipinski definition) is 5. The molecule has 1 fully saturated rings. The Morgan fingerprint density at radius 2 is 2.04 bits per heavy atom. The number of thiazole rings is 1. The van der Waals surface area contributed by atoms with Crippen LogP contribution in [0.3, 0.4) is 0 Å². The lowest BCUT2D eigenvalue weighted by molar-refractivity contribution is 0.557. The van der Waals surface area contributed by atoms with Crippen LogP contribution >= 0.6 is 11.3 Å². The molecule has 0 radical (unpaired) electrons. The first-order chi connectivity index (χ1) is 12.6. The van der Waals surface area contributed by atoms with Gasteiger partial charge in [0.05, 0.1) is 22.5 Å². The molecule has 7 heteroatoms. The molecular formula is C19H21FN4OS. The van der Waals surface area contributed by atoms with E-state index in [1.807, 2.05) is 17.6 Å². The molecule has 0 saturated carbocycles. The smallest absolute Gasteiger partial charge is 0.198 e. The summed E-state index contributed by atoms with van der Waals surface area (Å²) in [6, 6.07) is 3.20. The van der Waals surface area contributed by atoms with E-state index in [2.05, 4.69) is 9.88 Å². The van der Waals surface area contributed by atoms with Gasteiger partial charge in [0.1, 0.15) is 5.82 Å². The molecule has 5 nitrogen and oxygen atoms in total. The van der Waals surface area contributed by atoms with Crippen LogP contribution in [0.15, 0.2) is 28.5 Å². The second-order valence-corrected chi connectivity index (χ2v) is 7.49. The lowest BCUT2D eigenvalue weighted by Gasteiger charge is -2.29. The summed E-state index contributed by atoms with van der Waals surface area (Å²) in [6.07, 6.45) is 5.13. The number of hydrogen-bond donors (Lipinski definition) is 1. The largest absolute Gasteiger partial charge is 0.375 e. The Morgan fingerprint density at radius 3 is 2.69 bits per heavy atom. The molecule has 3 heterocycles. The third kappa shape index (κ3) is 2.86. The number of fused-ring (bicyclic) bond motifs is 1. The molecule has 2 N–H and O–H groups in total. The summed E-state index contributed by atoms with van der Waals surface area (Å²) in [5, 5.41) is 2.56. The molecule has 4 rings (SSSR count). The highest BCUT2D eigenvalue weighted by molar-refractivity contribution is 7.13. The van der Waals surface area contributed by atoms with Crippen LogP contribution in [0.25, 0.3) is 22.2 Å². The number of nitrogens with zero attached hydrogens (tertiary/aromatic N) is 3. The number of aryl methyl sites for hydroxylation is 1. The van der Waals surface area contributed by atoms with E-state index in [1.54, 1.807) is 11.6 Å². The molecule has 136 valence electrons. The fraction of sp³-hybridized carbons (Fsp3) is 0.368. The van der Waals surface area contributed by atoms with Crippen LogP contribution in [0.2, 0.25) is 0 Å². The maximum Gasteiger partial charge on any atom is 0.198 e. The molecule has 3 aromatic rings. The molecule has 1 saturated heterocycles. The number of nitrogen functional groups attached to an aromatic ring is 1. The zero-order valence-corrected chi connectivity index (χ0v) is 15.5. The maximum absolute atomic E-state index is 14.8. The number of anilines is 2. The average molecular weight is 372 g/mol. The molecule has 0 amide bonds. The number of aromatic nitrogens is 2. The Labute approximate surface area is 154 Å². The van der Waals surface area contributed by atoms with Gasteiger partial charge in [0.15, 0.2) is 10.6 Å². The molecule has 1 aromatic carbocycles. The Balaban J connectivity index is 1.92. The van der Waals surface area contributed by atoms with Gasteiger partial charge in [-0.3, -0.25) is 4.79 Å². The van der Waals surface area contributed by atoms with E-state index in [-0.39, 0.29) is 11.2 Å². The summed E-state index contributed by atoms with van der Waals surface area (Å²) in [5.74, 6) is -0.339. The first-order valence-electron chi connectivity index (χ1n) is 8.91. The van der Waals surface area contributed by atoms with Gasteiger partial charge in [-0.2, -0.15) is 0 Å². The van der Waals surface area contributed by atoms with Crippen LogP contribution in [-0.2, 0) is 6.54 Å². The predicted octanol–water partition coefficient (Wildman–Crippen LogP) is 3.86. The summed E-state index contributed by atoms with van der Waals surface area (Å²) < 4.78 is 16.8. The number of nitrogens with two attached hydrogens (primary N) is 1. The normalized spacial score (nSPS) is 14.9. The maximum atomic E-state index is 14.8. The van der Waals surface area contributed by atoms with Gasteiger partial charge in [0, 0.05) is 36.6 Å². The molecule has 1 aliphatic heterocycles. The SMILES string of the molecule is CCn1cc(-c2csc(N)n2)c(=O)c2cc(F)c(N3CCCCC3)cc21. The Bertz CT molecular complexity index is 1020. The fourth-order valence-corrected chi connectivity index (χ4v) is 4.20. The Hall–Kier alpha value is -2.41. The van der Waals surface area contributed by atoms with Crippen LogP contribution in [0, 0.1) is 5.82 Å². The third-order valence-corrected chi connectivity index (χ3v) is 5.66. The fourth-order valence-electron chi connectivity index (χ4n) is 3.63. The zero-order valence-electron chi connectivity index (χ0n) is 14.7.